The third kappa shape index (κ3) is 4.08. The fraction of sp³-hybridized carbons (Fsp3) is 0.111. The molecule has 1 heterocycles. The van der Waals surface area contributed by atoms with Gasteiger partial charge in [-0.3, -0.25) is 9.89 Å². The number of benzene rings is 2. The van der Waals surface area contributed by atoms with Crippen molar-refractivity contribution in [3.05, 3.63) is 83.4 Å². The van der Waals surface area contributed by atoms with Gasteiger partial charge in [-0.05, 0) is 23.3 Å². The van der Waals surface area contributed by atoms with E-state index in [9.17, 15) is 14.7 Å². The Kier molecular flexibility index (Phi) is 4.84. The molecule has 3 rings (SSSR count). The van der Waals surface area contributed by atoms with Crippen molar-refractivity contribution in [2.45, 2.75) is 12.5 Å². The fourth-order valence-electron chi connectivity index (χ4n) is 2.43. The molecule has 0 aliphatic rings. The lowest BCUT2D eigenvalue weighted by Crippen LogP contribution is -2.33. The number of carboxylic acids is 1. The van der Waals surface area contributed by atoms with E-state index in [2.05, 4.69) is 20.5 Å². The molecule has 0 bridgehead atoms. The van der Waals surface area contributed by atoms with Crippen LogP contribution in [0.15, 0.2) is 60.9 Å². The molecule has 0 saturated carbocycles. The van der Waals surface area contributed by atoms with Crippen molar-refractivity contribution in [2.75, 3.05) is 0 Å². The Morgan fingerprint density at radius 3 is 2.40 bits per heavy atom. The number of hydrogen-bond donors (Lipinski definition) is 3. The van der Waals surface area contributed by atoms with Crippen LogP contribution in [0.5, 0.6) is 0 Å². The predicted octanol–water partition coefficient (Wildman–Crippen LogP) is 1.95. The summed E-state index contributed by atoms with van der Waals surface area (Å²) < 4.78 is 0. The standard InChI is InChI=1S/C18H16N4O3/c23-17(21-16(18(24)25)13-4-2-1-3-5-13)14-8-6-12(7-9-14)10-15-19-11-20-22-15/h1-9,11,16H,10H2,(H,21,23)(H,24,25)(H,19,20,22)/t16-/m1/s1. The van der Waals surface area contributed by atoms with Crippen molar-refractivity contribution < 1.29 is 14.7 Å². The highest BCUT2D eigenvalue weighted by molar-refractivity contribution is 5.96. The Morgan fingerprint density at radius 1 is 1.08 bits per heavy atom. The van der Waals surface area contributed by atoms with Gasteiger partial charge in [0.1, 0.15) is 12.2 Å². The van der Waals surface area contributed by atoms with E-state index in [4.69, 9.17) is 0 Å². The number of carboxylic acid groups (broad SMARTS) is 1. The molecular formula is C18H16N4O3. The van der Waals surface area contributed by atoms with Crippen LogP contribution in [0.4, 0.5) is 0 Å². The summed E-state index contributed by atoms with van der Waals surface area (Å²) in [4.78, 5) is 27.9. The van der Waals surface area contributed by atoms with Crippen LogP contribution in [0, 0.1) is 0 Å². The number of hydrogen-bond acceptors (Lipinski definition) is 4. The third-order valence-electron chi connectivity index (χ3n) is 3.71. The minimum absolute atomic E-state index is 0.392. The van der Waals surface area contributed by atoms with E-state index in [1.807, 2.05) is 0 Å². The van der Waals surface area contributed by atoms with Crippen LogP contribution in [0.25, 0.3) is 0 Å². The van der Waals surface area contributed by atoms with Crippen molar-refractivity contribution >= 4 is 11.9 Å². The summed E-state index contributed by atoms with van der Waals surface area (Å²) in [5.41, 5.74) is 1.87. The number of H-pyrrole nitrogens is 1. The van der Waals surface area contributed by atoms with Gasteiger partial charge in [0.05, 0.1) is 0 Å². The van der Waals surface area contributed by atoms with Crippen LogP contribution in [0.1, 0.15) is 33.4 Å². The normalized spacial score (nSPS) is 11.7. The Labute approximate surface area is 143 Å². The van der Waals surface area contributed by atoms with Gasteiger partial charge in [-0.25, -0.2) is 9.78 Å². The van der Waals surface area contributed by atoms with Crippen LogP contribution in [0.2, 0.25) is 0 Å². The van der Waals surface area contributed by atoms with Gasteiger partial charge in [0.2, 0.25) is 0 Å². The maximum absolute atomic E-state index is 12.4. The topological polar surface area (TPSA) is 108 Å². The van der Waals surface area contributed by atoms with E-state index in [1.165, 1.54) is 6.33 Å². The van der Waals surface area contributed by atoms with Gasteiger partial charge in [-0.2, -0.15) is 5.10 Å². The quantitative estimate of drug-likeness (QED) is 0.637. The smallest absolute Gasteiger partial charge is 0.330 e. The van der Waals surface area contributed by atoms with Crippen molar-refractivity contribution in [1.29, 1.82) is 0 Å². The largest absolute Gasteiger partial charge is 0.479 e. The Bertz CT molecular complexity index is 846. The van der Waals surface area contributed by atoms with Gasteiger partial charge < -0.3 is 10.4 Å². The molecule has 25 heavy (non-hydrogen) atoms. The number of carbonyl (C=O) groups excluding carboxylic acids is 1. The Morgan fingerprint density at radius 2 is 1.80 bits per heavy atom. The number of aromatic nitrogens is 3. The molecule has 1 amide bonds. The first kappa shape index (κ1) is 16.4. The molecule has 3 aromatic rings. The van der Waals surface area contributed by atoms with Crippen molar-refractivity contribution in [3.8, 4) is 0 Å². The van der Waals surface area contributed by atoms with E-state index in [0.29, 0.717) is 17.5 Å². The van der Waals surface area contributed by atoms with Crippen molar-refractivity contribution in [1.82, 2.24) is 20.5 Å². The van der Waals surface area contributed by atoms with E-state index >= 15 is 0 Å². The molecule has 7 nitrogen and oxygen atoms in total. The van der Waals surface area contributed by atoms with Crippen LogP contribution in [-0.2, 0) is 11.2 Å². The first-order valence-corrected chi connectivity index (χ1v) is 7.65. The van der Waals surface area contributed by atoms with E-state index < -0.39 is 17.9 Å². The predicted molar refractivity (Wildman–Crippen MR) is 89.9 cm³/mol. The molecule has 0 fully saturated rings. The summed E-state index contributed by atoms with van der Waals surface area (Å²) in [6.45, 7) is 0. The number of rotatable bonds is 6. The van der Waals surface area contributed by atoms with E-state index in [1.54, 1.807) is 54.6 Å². The molecule has 1 aromatic heterocycles. The number of carbonyl (C=O) groups is 2. The second-order valence-corrected chi connectivity index (χ2v) is 5.46. The molecule has 0 spiro atoms. The zero-order valence-electron chi connectivity index (χ0n) is 13.2. The zero-order chi connectivity index (χ0) is 17.6. The van der Waals surface area contributed by atoms with Gasteiger partial charge in [-0.1, -0.05) is 42.5 Å². The first-order valence-electron chi connectivity index (χ1n) is 7.65. The summed E-state index contributed by atoms with van der Waals surface area (Å²) in [7, 11) is 0. The summed E-state index contributed by atoms with van der Waals surface area (Å²) in [5, 5.41) is 18.5. The molecular weight excluding hydrogens is 320 g/mol. The average Bonchev–Trinajstić information content (AvgIpc) is 3.13. The SMILES string of the molecule is O=C(N[C@@H](C(=O)O)c1ccccc1)c1ccc(Cc2ncn[nH]2)cc1. The molecule has 126 valence electrons. The molecule has 2 aromatic carbocycles. The molecule has 0 aliphatic carbocycles. The molecule has 3 N–H and O–H groups in total. The van der Waals surface area contributed by atoms with Crippen molar-refractivity contribution in [2.24, 2.45) is 0 Å². The second-order valence-electron chi connectivity index (χ2n) is 5.46. The van der Waals surface area contributed by atoms with Gasteiger partial charge >= 0.3 is 5.97 Å². The van der Waals surface area contributed by atoms with Crippen LogP contribution in [-0.4, -0.2) is 32.2 Å². The monoisotopic (exact) mass is 336 g/mol. The van der Waals surface area contributed by atoms with Gasteiger partial charge in [-0.15, -0.1) is 0 Å². The van der Waals surface area contributed by atoms with Gasteiger partial charge in [0, 0.05) is 12.0 Å². The van der Waals surface area contributed by atoms with E-state index in [0.717, 1.165) is 11.4 Å². The van der Waals surface area contributed by atoms with Gasteiger partial charge in [0.25, 0.3) is 5.91 Å². The molecule has 7 heteroatoms. The van der Waals surface area contributed by atoms with Crippen molar-refractivity contribution in [3.63, 3.8) is 0 Å². The summed E-state index contributed by atoms with van der Waals surface area (Å²) in [5.74, 6) is -0.823. The summed E-state index contributed by atoms with van der Waals surface area (Å²) in [6.07, 6.45) is 2.01. The van der Waals surface area contributed by atoms with Crippen LogP contribution in [0.3, 0.4) is 0 Å². The minimum atomic E-state index is -1.11. The fourth-order valence-corrected chi connectivity index (χ4v) is 2.43. The Hall–Kier alpha value is -3.48. The maximum atomic E-state index is 12.4. The highest BCUT2D eigenvalue weighted by atomic mass is 16.4. The molecule has 0 unspecified atom stereocenters. The number of amides is 1. The summed E-state index contributed by atoms with van der Waals surface area (Å²) in [6, 6.07) is 14.4. The molecule has 0 saturated heterocycles. The first-order chi connectivity index (χ1) is 12.1. The highest BCUT2D eigenvalue weighted by Crippen LogP contribution is 2.14. The number of aromatic amines is 1. The van der Waals surface area contributed by atoms with E-state index in [-0.39, 0.29) is 0 Å². The Balaban J connectivity index is 1.70. The summed E-state index contributed by atoms with van der Waals surface area (Å²) >= 11 is 0. The lowest BCUT2D eigenvalue weighted by molar-refractivity contribution is -0.139. The number of aliphatic carboxylic acids is 1. The third-order valence-corrected chi connectivity index (χ3v) is 3.71. The molecule has 1 atom stereocenters. The van der Waals surface area contributed by atoms with Crippen LogP contribution >= 0.6 is 0 Å². The second kappa shape index (κ2) is 7.39. The highest BCUT2D eigenvalue weighted by Gasteiger charge is 2.22. The lowest BCUT2D eigenvalue weighted by Gasteiger charge is -2.15. The molecule has 0 radical (unpaired) electrons. The van der Waals surface area contributed by atoms with Gasteiger partial charge in [0.15, 0.2) is 6.04 Å². The van der Waals surface area contributed by atoms with Crippen LogP contribution < -0.4 is 5.32 Å². The number of nitrogens with one attached hydrogen (secondary N) is 2. The minimum Gasteiger partial charge on any atom is -0.479 e. The maximum Gasteiger partial charge on any atom is 0.330 e. The average molecular weight is 336 g/mol. The zero-order valence-corrected chi connectivity index (χ0v) is 13.2. The lowest BCUT2D eigenvalue weighted by atomic mass is 10.1. The molecule has 0 aliphatic heterocycles. The number of nitrogens with zero attached hydrogens (tertiary/aromatic N) is 2.